The zero-order valence-electron chi connectivity index (χ0n) is 54.2. The second-order valence-electron chi connectivity index (χ2n) is 24.0. The molecule has 0 aliphatic carbocycles. The summed E-state index contributed by atoms with van der Waals surface area (Å²) in [6.07, 6.45) is -26.1. The van der Waals surface area contributed by atoms with Gasteiger partial charge in [-0.15, -0.1) is 0 Å². The van der Waals surface area contributed by atoms with E-state index in [0.29, 0.717) is 0 Å². The molecule has 8 aromatic rings. The van der Waals surface area contributed by atoms with Crippen LogP contribution in [0, 0.1) is 0 Å². The summed E-state index contributed by atoms with van der Waals surface area (Å²) in [4.78, 5) is 114. The van der Waals surface area contributed by atoms with Gasteiger partial charge < -0.3 is 76.2 Å². The Bertz CT molecular complexity index is 4120. The molecule has 101 heavy (non-hydrogen) atoms. The average molecular weight is 1380 g/mol. The number of hydrogen-bond donors (Lipinski definition) is 1. The van der Waals surface area contributed by atoms with Gasteiger partial charge in [-0.1, -0.05) is 146 Å². The summed E-state index contributed by atoms with van der Waals surface area (Å²) in [6.45, 7) is 0.859. The van der Waals surface area contributed by atoms with Crippen LogP contribution in [0.1, 0.15) is 96.7 Å². The van der Waals surface area contributed by atoms with Gasteiger partial charge in [-0.25, -0.2) is 38.4 Å². The van der Waals surface area contributed by atoms with Crippen LogP contribution in [0.25, 0.3) is 0 Å². The number of ether oxygens (including phenoxy) is 15. The summed E-state index contributed by atoms with van der Waals surface area (Å²) < 4.78 is 95.3. The summed E-state index contributed by atoms with van der Waals surface area (Å²) in [7, 11) is 0. The Morgan fingerprint density at radius 1 is 0.347 bits per heavy atom. The summed E-state index contributed by atoms with van der Waals surface area (Å²) >= 11 is 0. The Morgan fingerprint density at radius 2 is 0.624 bits per heavy atom. The molecule has 0 saturated carbocycles. The molecule has 24 heteroatoms. The predicted octanol–water partition coefficient (Wildman–Crippen LogP) is 9.14. The van der Waals surface area contributed by atoms with Crippen molar-refractivity contribution in [3.05, 3.63) is 287 Å². The fourth-order valence-corrected chi connectivity index (χ4v) is 11.7. The van der Waals surface area contributed by atoms with E-state index in [1.165, 1.54) is 97.1 Å². The van der Waals surface area contributed by atoms with Gasteiger partial charge in [0, 0.05) is 0 Å². The number of aliphatic hydroxyl groups excluding tert-OH is 1. The van der Waals surface area contributed by atoms with Crippen molar-refractivity contribution in [1.29, 1.82) is 0 Å². The van der Waals surface area contributed by atoms with Crippen molar-refractivity contribution >= 4 is 47.8 Å². The molecule has 12 unspecified atom stereocenters. The Hall–Kier alpha value is -10.8. The van der Waals surface area contributed by atoms with Gasteiger partial charge in [0.1, 0.15) is 49.8 Å². The number of carbonyl (C=O) groups excluding carboxylic acids is 8. The summed E-state index contributed by atoms with van der Waals surface area (Å²) in [6, 6.07) is 62.3. The molecule has 4 heterocycles. The van der Waals surface area contributed by atoms with Crippen LogP contribution in [-0.2, 0) is 71.1 Å². The molecule has 0 aromatic heterocycles. The first-order chi connectivity index (χ1) is 49.0. The molecule has 520 valence electrons. The van der Waals surface area contributed by atoms with Crippen molar-refractivity contribution in [3.8, 4) is 0 Å². The van der Waals surface area contributed by atoms with E-state index in [1.807, 2.05) is 0 Å². The first kappa shape index (κ1) is 70.1. The van der Waals surface area contributed by atoms with Gasteiger partial charge in [-0.3, -0.25) is 0 Å². The van der Waals surface area contributed by atoms with Crippen molar-refractivity contribution in [2.75, 3.05) is 19.8 Å². The number of fused-ring (bicyclic) bond motifs is 1. The van der Waals surface area contributed by atoms with Gasteiger partial charge >= 0.3 is 47.8 Å². The molecule has 0 bridgehead atoms. The summed E-state index contributed by atoms with van der Waals surface area (Å²) in [5.74, 6) is -8.96. The molecule has 8 aromatic carbocycles. The highest BCUT2D eigenvalue weighted by molar-refractivity contribution is 5.93. The largest absolute Gasteiger partial charge is 0.459 e. The van der Waals surface area contributed by atoms with E-state index in [0.717, 1.165) is 0 Å². The standard InChI is InChI=1S/C77H68O24/c1-77(2)100-65-60(99-75-64(97-73(86)53-41-25-10-26-42-53)62(95-71(84)51-37-21-8-22-38-51)59(93-69(82)49-33-17-6-18-34-49)56(91-75)45-88-67(80)47-29-13-4-14-30-47)57(98-76(65)101-77)54(78)43-89-74-63(96-72(85)52-39-23-9-24-40-52)61(94-70(83)50-35-19-7-20-36-50)58(92-68(81)48-31-15-5-16-32-48)55(90-74)44-87-66(79)46-27-11-3-12-28-46/h3-42,54-65,74-76,78H,43-45H2,1-2H3/t54?,55?,56?,57-,58?,59?,60-,61?,62?,63?,64?,65?,74?,75?,76-/m0/s1. The van der Waals surface area contributed by atoms with Gasteiger partial charge in [-0.2, -0.15) is 0 Å². The number of esters is 8. The molecule has 0 radical (unpaired) electrons. The fourth-order valence-electron chi connectivity index (χ4n) is 11.7. The highest BCUT2D eigenvalue weighted by Crippen LogP contribution is 2.43. The number of benzene rings is 8. The first-order valence-corrected chi connectivity index (χ1v) is 32.3. The van der Waals surface area contributed by atoms with Gasteiger partial charge in [0.15, 0.2) is 61.3 Å². The van der Waals surface area contributed by atoms with Crippen LogP contribution >= 0.6 is 0 Å². The minimum absolute atomic E-state index is 0.00662. The monoisotopic (exact) mass is 1380 g/mol. The van der Waals surface area contributed by atoms with Crippen LogP contribution < -0.4 is 0 Å². The van der Waals surface area contributed by atoms with E-state index in [4.69, 9.17) is 71.1 Å². The molecule has 15 atom stereocenters. The molecule has 4 aliphatic heterocycles. The highest BCUT2D eigenvalue weighted by Gasteiger charge is 2.62. The van der Waals surface area contributed by atoms with Gasteiger partial charge in [0.05, 0.1) is 51.1 Å². The van der Waals surface area contributed by atoms with E-state index in [1.54, 1.807) is 159 Å². The lowest BCUT2D eigenvalue weighted by Crippen LogP contribution is -2.64. The van der Waals surface area contributed by atoms with Gasteiger partial charge in [0.2, 0.25) is 0 Å². The number of carbonyl (C=O) groups is 8. The van der Waals surface area contributed by atoms with Crippen molar-refractivity contribution in [2.45, 2.75) is 112 Å². The fraction of sp³-hybridized carbons (Fsp3) is 0.273. The van der Waals surface area contributed by atoms with Crippen molar-refractivity contribution in [1.82, 2.24) is 0 Å². The maximum Gasteiger partial charge on any atom is 0.338 e. The van der Waals surface area contributed by atoms with Crippen LogP contribution in [-0.4, -0.2) is 171 Å². The van der Waals surface area contributed by atoms with E-state index >= 15 is 0 Å². The number of hydrogen-bond acceptors (Lipinski definition) is 24. The minimum atomic E-state index is -1.97. The van der Waals surface area contributed by atoms with Gasteiger partial charge in [-0.05, 0) is 111 Å². The topological polar surface area (TPSA) is 295 Å². The summed E-state index contributed by atoms with van der Waals surface area (Å²) in [5.41, 5.74) is 0.399. The quantitative estimate of drug-likeness (QED) is 0.0435. The Balaban J connectivity index is 0.916. The molecule has 4 saturated heterocycles. The third kappa shape index (κ3) is 17.3. The molecule has 12 rings (SSSR count). The van der Waals surface area contributed by atoms with Crippen molar-refractivity contribution < 1.29 is 115 Å². The van der Waals surface area contributed by atoms with E-state index in [9.17, 15) is 43.5 Å². The van der Waals surface area contributed by atoms with Crippen LogP contribution in [0.5, 0.6) is 0 Å². The molecular weight excluding hydrogens is 1310 g/mol. The zero-order valence-corrected chi connectivity index (χ0v) is 54.2. The molecular formula is C77H68O24. The van der Waals surface area contributed by atoms with E-state index in [-0.39, 0.29) is 44.5 Å². The molecule has 0 amide bonds. The van der Waals surface area contributed by atoms with Crippen LogP contribution in [0.3, 0.4) is 0 Å². The summed E-state index contributed by atoms with van der Waals surface area (Å²) in [5, 5.41) is 12.8. The highest BCUT2D eigenvalue weighted by atomic mass is 16.9. The minimum Gasteiger partial charge on any atom is -0.459 e. The van der Waals surface area contributed by atoms with Crippen molar-refractivity contribution in [2.24, 2.45) is 0 Å². The second-order valence-corrected chi connectivity index (χ2v) is 24.0. The number of rotatable bonds is 24. The smallest absolute Gasteiger partial charge is 0.338 e. The Morgan fingerprint density at radius 3 is 0.950 bits per heavy atom. The van der Waals surface area contributed by atoms with E-state index in [2.05, 4.69) is 0 Å². The molecule has 4 aliphatic rings. The second kappa shape index (κ2) is 32.5. The zero-order chi connectivity index (χ0) is 70.4. The maximum atomic E-state index is 14.6. The average Bonchev–Trinajstić information content (AvgIpc) is 1.70. The lowest BCUT2D eigenvalue weighted by atomic mass is 9.97. The molecule has 4 fully saturated rings. The third-order valence-corrected chi connectivity index (χ3v) is 16.6. The van der Waals surface area contributed by atoms with E-state index < -0.39 is 165 Å². The molecule has 24 nitrogen and oxygen atoms in total. The third-order valence-electron chi connectivity index (χ3n) is 16.6. The van der Waals surface area contributed by atoms with Crippen LogP contribution in [0.2, 0.25) is 0 Å². The maximum absolute atomic E-state index is 14.6. The normalized spacial score (nSPS) is 25.1. The predicted molar refractivity (Wildman–Crippen MR) is 350 cm³/mol. The lowest BCUT2D eigenvalue weighted by molar-refractivity contribution is -0.325. The van der Waals surface area contributed by atoms with Crippen LogP contribution in [0.4, 0.5) is 0 Å². The lowest BCUT2D eigenvalue weighted by Gasteiger charge is -2.45. The van der Waals surface area contributed by atoms with Crippen LogP contribution in [0.15, 0.2) is 243 Å². The number of aliphatic hydroxyl groups is 1. The SMILES string of the molecule is CC1(C)OC2[C@@H](O[C@@H](C(O)COC3OC(COC(=O)c4ccccc4)C(OC(=O)c4ccccc4)C(OC(=O)c4ccccc4)C3OC(=O)c3ccccc3)[C@@H]2OC2OC(COC(=O)c3ccccc3)C(OC(=O)c3ccccc3)C(OC(=O)c3ccccc3)C2OC(=O)c2ccccc2)O1. The molecule has 0 spiro atoms. The Labute approximate surface area is 578 Å². The molecule has 1 N–H and O–H groups in total. The first-order valence-electron chi connectivity index (χ1n) is 32.3. The van der Waals surface area contributed by atoms with Crippen molar-refractivity contribution in [3.63, 3.8) is 0 Å². The van der Waals surface area contributed by atoms with Gasteiger partial charge in [0.25, 0.3) is 0 Å². The Kier molecular flexibility index (Phi) is 22.5.